The molecule has 0 radical (unpaired) electrons. The molecule has 0 atom stereocenters. The molecule has 26 heavy (non-hydrogen) atoms. The number of rotatable bonds is 6. The molecule has 1 aromatic carbocycles. The lowest BCUT2D eigenvalue weighted by atomic mass is 10.1. The maximum absolute atomic E-state index is 12.4. The molecule has 2 amide bonds. The highest BCUT2D eigenvalue weighted by molar-refractivity contribution is 7.09. The van der Waals surface area contributed by atoms with Crippen LogP contribution in [0.15, 0.2) is 35.7 Å². The Labute approximate surface area is 159 Å². The van der Waals surface area contributed by atoms with Gasteiger partial charge in [0.25, 0.3) is 5.91 Å². The van der Waals surface area contributed by atoms with Crippen molar-refractivity contribution in [3.63, 3.8) is 0 Å². The van der Waals surface area contributed by atoms with Crippen molar-refractivity contribution in [3.05, 3.63) is 51.2 Å². The number of hydrogen-bond acceptors (Lipinski definition) is 5. The fourth-order valence-corrected chi connectivity index (χ4v) is 3.47. The molecule has 0 spiro atoms. The SMILES string of the molecule is O=C(COC(=O)c1ccc(Cl)cc1N1CCCC1=O)NCc1cccs1. The molecule has 0 bridgehead atoms. The van der Waals surface area contributed by atoms with Crippen molar-refractivity contribution >= 4 is 46.4 Å². The summed E-state index contributed by atoms with van der Waals surface area (Å²) in [6.07, 6.45) is 1.16. The lowest BCUT2D eigenvalue weighted by Gasteiger charge is -2.19. The minimum absolute atomic E-state index is 0.0602. The summed E-state index contributed by atoms with van der Waals surface area (Å²) < 4.78 is 5.11. The van der Waals surface area contributed by atoms with Crippen molar-refractivity contribution < 1.29 is 19.1 Å². The molecular weight excluding hydrogens is 376 g/mol. The van der Waals surface area contributed by atoms with Crippen LogP contribution >= 0.6 is 22.9 Å². The summed E-state index contributed by atoms with van der Waals surface area (Å²) in [5.74, 6) is -1.11. The van der Waals surface area contributed by atoms with Gasteiger partial charge in [-0.25, -0.2) is 4.79 Å². The molecule has 0 saturated carbocycles. The zero-order valence-electron chi connectivity index (χ0n) is 13.9. The van der Waals surface area contributed by atoms with Gasteiger partial charge in [0.15, 0.2) is 6.61 Å². The van der Waals surface area contributed by atoms with Crippen LogP contribution in [-0.4, -0.2) is 30.9 Å². The van der Waals surface area contributed by atoms with Crippen LogP contribution in [0.1, 0.15) is 28.1 Å². The van der Waals surface area contributed by atoms with Crippen LogP contribution in [0.3, 0.4) is 0 Å². The molecule has 8 heteroatoms. The van der Waals surface area contributed by atoms with Crippen LogP contribution in [0.4, 0.5) is 5.69 Å². The van der Waals surface area contributed by atoms with Gasteiger partial charge in [-0.2, -0.15) is 0 Å². The number of amides is 2. The van der Waals surface area contributed by atoms with Crippen molar-refractivity contribution in [2.24, 2.45) is 0 Å². The third-order valence-corrected chi connectivity index (χ3v) is 5.03. The second-order valence-corrected chi connectivity index (χ2v) is 7.21. The second-order valence-electron chi connectivity index (χ2n) is 5.74. The Kier molecular flexibility index (Phi) is 5.90. The molecule has 1 aliphatic heterocycles. The zero-order chi connectivity index (χ0) is 18.5. The Morgan fingerprint density at radius 2 is 2.15 bits per heavy atom. The van der Waals surface area contributed by atoms with E-state index in [0.717, 1.165) is 11.3 Å². The Morgan fingerprint density at radius 3 is 2.85 bits per heavy atom. The average Bonchev–Trinajstić information content (AvgIpc) is 3.29. The number of ether oxygens (including phenoxy) is 1. The number of thiophene rings is 1. The van der Waals surface area contributed by atoms with Crippen LogP contribution in [0.2, 0.25) is 5.02 Å². The van der Waals surface area contributed by atoms with E-state index in [2.05, 4.69) is 5.32 Å². The van der Waals surface area contributed by atoms with Crippen LogP contribution < -0.4 is 10.2 Å². The van der Waals surface area contributed by atoms with E-state index in [9.17, 15) is 14.4 Å². The van der Waals surface area contributed by atoms with E-state index >= 15 is 0 Å². The topological polar surface area (TPSA) is 75.7 Å². The molecule has 3 rings (SSSR count). The Bertz CT molecular complexity index is 823. The summed E-state index contributed by atoms with van der Waals surface area (Å²) in [4.78, 5) is 38.8. The number of halogens is 1. The second kappa shape index (κ2) is 8.33. The van der Waals surface area contributed by atoms with Crippen molar-refractivity contribution in [3.8, 4) is 0 Å². The highest BCUT2D eigenvalue weighted by Crippen LogP contribution is 2.29. The van der Waals surface area contributed by atoms with E-state index < -0.39 is 5.97 Å². The van der Waals surface area contributed by atoms with Gasteiger partial charge in [0, 0.05) is 22.9 Å². The molecule has 1 saturated heterocycles. The number of nitrogens with zero attached hydrogens (tertiary/aromatic N) is 1. The van der Waals surface area contributed by atoms with E-state index in [0.29, 0.717) is 30.2 Å². The summed E-state index contributed by atoms with van der Waals surface area (Å²) in [6, 6.07) is 8.43. The first-order chi connectivity index (χ1) is 12.5. The van der Waals surface area contributed by atoms with Gasteiger partial charge in [-0.3, -0.25) is 9.59 Å². The molecule has 0 aliphatic carbocycles. The molecule has 2 heterocycles. The maximum Gasteiger partial charge on any atom is 0.340 e. The highest BCUT2D eigenvalue weighted by atomic mass is 35.5. The number of nitrogens with one attached hydrogen (secondary N) is 1. The van der Waals surface area contributed by atoms with Gasteiger partial charge in [-0.1, -0.05) is 17.7 Å². The third-order valence-electron chi connectivity index (χ3n) is 3.92. The molecular formula is C18H17ClN2O4S. The van der Waals surface area contributed by atoms with Crippen LogP contribution in [-0.2, 0) is 20.9 Å². The summed E-state index contributed by atoms with van der Waals surface area (Å²) in [5, 5.41) is 5.03. The van der Waals surface area contributed by atoms with Gasteiger partial charge in [0.2, 0.25) is 5.91 Å². The molecule has 1 N–H and O–H groups in total. The van der Waals surface area contributed by atoms with Crippen LogP contribution in [0, 0.1) is 0 Å². The predicted octanol–water partition coefficient (Wildman–Crippen LogP) is 3.00. The van der Waals surface area contributed by atoms with Gasteiger partial charge >= 0.3 is 5.97 Å². The molecule has 0 unspecified atom stereocenters. The summed E-state index contributed by atoms with van der Waals surface area (Å²) in [6.45, 7) is 0.531. The number of carbonyl (C=O) groups excluding carboxylic acids is 3. The zero-order valence-corrected chi connectivity index (χ0v) is 15.4. The number of esters is 1. The van der Waals surface area contributed by atoms with Crippen molar-refractivity contribution in [1.29, 1.82) is 0 Å². The van der Waals surface area contributed by atoms with Crippen LogP contribution in [0.5, 0.6) is 0 Å². The van der Waals surface area contributed by atoms with Crippen LogP contribution in [0.25, 0.3) is 0 Å². The van der Waals surface area contributed by atoms with E-state index in [1.165, 1.54) is 22.3 Å². The first-order valence-corrected chi connectivity index (χ1v) is 9.36. The minimum atomic E-state index is -0.664. The molecule has 1 aliphatic rings. The van der Waals surface area contributed by atoms with Crippen molar-refractivity contribution in [2.45, 2.75) is 19.4 Å². The molecule has 1 aromatic heterocycles. The molecule has 6 nitrogen and oxygen atoms in total. The first kappa shape index (κ1) is 18.4. The van der Waals surface area contributed by atoms with E-state index in [1.807, 2.05) is 17.5 Å². The third kappa shape index (κ3) is 4.42. The fourth-order valence-electron chi connectivity index (χ4n) is 2.66. The Balaban J connectivity index is 1.62. The van der Waals surface area contributed by atoms with Gasteiger partial charge in [0.05, 0.1) is 17.8 Å². The Hall–Kier alpha value is -2.38. The number of anilines is 1. The van der Waals surface area contributed by atoms with E-state index in [1.54, 1.807) is 12.1 Å². The van der Waals surface area contributed by atoms with Gasteiger partial charge in [-0.15, -0.1) is 11.3 Å². The first-order valence-electron chi connectivity index (χ1n) is 8.11. The smallest absolute Gasteiger partial charge is 0.340 e. The van der Waals surface area contributed by atoms with Gasteiger partial charge in [-0.05, 0) is 36.1 Å². The minimum Gasteiger partial charge on any atom is -0.452 e. The number of hydrogen-bond donors (Lipinski definition) is 1. The predicted molar refractivity (Wildman–Crippen MR) is 99.5 cm³/mol. The fraction of sp³-hybridized carbons (Fsp3) is 0.278. The van der Waals surface area contributed by atoms with Gasteiger partial charge in [0.1, 0.15) is 0 Å². The number of benzene rings is 1. The van der Waals surface area contributed by atoms with Crippen molar-refractivity contribution in [1.82, 2.24) is 5.32 Å². The van der Waals surface area contributed by atoms with Gasteiger partial charge < -0.3 is 15.0 Å². The standard InChI is InChI=1S/C18H17ClN2O4S/c19-12-5-6-14(15(9-12)21-7-1-4-17(21)23)18(24)25-11-16(22)20-10-13-3-2-8-26-13/h2-3,5-6,8-9H,1,4,7,10-11H2,(H,20,22). The lowest BCUT2D eigenvalue weighted by molar-refractivity contribution is -0.124. The highest BCUT2D eigenvalue weighted by Gasteiger charge is 2.27. The van der Waals surface area contributed by atoms with Crippen molar-refractivity contribution in [2.75, 3.05) is 18.1 Å². The largest absolute Gasteiger partial charge is 0.452 e. The average molecular weight is 393 g/mol. The molecule has 2 aromatic rings. The van der Waals surface area contributed by atoms with E-state index in [4.69, 9.17) is 16.3 Å². The maximum atomic E-state index is 12.4. The Morgan fingerprint density at radius 1 is 1.31 bits per heavy atom. The monoisotopic (exact) mass is 392 g/mol. The normalized spacial score (nSPS) is 13.7. The summed E-state index contributed by atoms with van der Waals surface area (Å²) >= 11 is 7.54. The summed E-state index contributed by atoms with van der Waals surface area (Å²) in [5.41, 5.74) is 0.639. The summed E-state index contributed by atoms with van der Waals surface area (Å²) in [7, 11) is 0. The quantitative estimate of drug-likeness (QED) is 0.767. The van der Waals surface area contributed by atoms with E-state index in [-0.39, 0.29) is 24.0 Å². The number of carbonyl (C=O) groups is 3. The lowest BCUT2D eigenvalue weighted by Crippen LogP contribution is -2.29. The molecule has 136 valence electrons. The molecule has 1 fully saturated rings.